The van der Waals surface area contributed by atoms with Gasteiger partial charge in [-0.2, -0.15) is 0 Å². The summed E-state index contributed by atoms with van der Waals surface area (Å²) in [5, 5.41) is 2.18. The lowest BCUT2D eigenvalue weighted by Gasteiger charge is -2.13. The number of hydrazine groups is 1. The molecular formula is C13H18N4O5. The number of nitrogens with two attached hydrogens (primary N) is 1. The minimum absolute atomic E-state index is 0.229. The molecule has 0 saturated carbocycles. The fourth-order valence-corrected chi connectivity index (χ4v) is 1.52. The minimum atomic E-state index is -0.891. The summed E-state index contributed by atoms with van der Waals surface area (Å²) < 4.78 is 10.1. The van der Waals surface area contributed by atoms with Gasteiger partial charge in [0.25, 0.3) is 11.8 Å². The molecule has 0 aromatic heterocycles. The lowest BCUT2D eigenvalue weighted by atomic mass is 10.2. The van der Waals surface area contributed by atoms with Crippen LogP contribution >= 0.6 is 0 Å². The summed E-state index contributed by atoms with van der Waals surface area (Å²) in [4.78, 5) is 34.2. The molecule has 0 fully saturated rings. The summed E-state index contributed by atoms with van der Waals surface area (Å²) in [5.74, 6) is -0.335. The van der Waals surface area contributed by atoms with E-state index in [-0.39, 0.29) is 5.56 Å². The second kappa shape index (κ2) is 7.72. The average Bonchev–Trinajstić information content (AvgIpc) is 2.50. The molecule has 4 amide bonds. The molecule has 0 bridgehead atoms. The van der Waals surface area contributed by atoms with Gasteiger partial charge in [0, 0.05) is 11.6 Å². The van der Waals surface area contributed by atoms with E-state index in [2.05, 4.69) is 16.2 Å². The van der Waals surface area contributed by atoms with Gasteiger partial charge in [0.05, 0.1) is 14.2 Å². The van der Waals surface area contributed by atoms with Crippen LogP contribution in [0, 0.1) is 0 Å². The maximum Gasteiger partial charge on any atom is 0.312 e. The van der Waals surface area contributed by atoms with E-state index in [1.54, 1.807) is 6.07 Å². The number of urea groups is 1. The van der Waals surface area contributed by atoms with E-state index in [0.717, 1.165) is 0 Å². The largest absolute Gasteiger partial charge is 0.497 e. The quantitative estimate of drug-likeness (QED) is 0.545. The third kappa shape index (κ3) is 4.85. The van der Waals surface area contributed by atoms with Crippen molar-refractivity contribution in [2.75, 3.05) is 14.2 Å². The molecular weight excluding hydrogens is 292 g/mol. The number of nitrogens with one attached hydrogen (secondary N) is 3. The fourth-order valence-electron chi connectivity index (χ4n) is 1.52. The Bertz CT molecular complexity index is 553. The van der Waals surface area contributed by atoms with Gasteiger partial charge in [-0.05, 0) is 19.1 Å². The van der Waals surface area contributed by atoms with Crippen LogP contribution < -0.4 is 31.4 Å². The highest BCUT2D eigenvalue weighted by Crippen LogP contribution is 2.22. The Hall–Kier alpha value is -2.97. The maximum absolute atomic E-state index is 12.0. The number of hydrogen-bond donors (Lipinski definition) is 4. The number of carbonyl (C=O) groups is 3. The van der Waals surface area contributed by atoms with Gasteiger partial charge in [-0.1, -0.05) is 0 Å². The van der Waals surface area contributed by atoms with Crippen molar-refractivity contribution < 1.29 is 23.9 Å². The molecule has 1 aromatic rings. The number of benzene rings is 1. The Morgan fingerprint density at radius 1 is 1.05 bits per heavy atom. The smallest absolute Gasteiger partial charge is 0.312 e. The summed E-state index contributed by atoms with van der Waals surface area (Å²) in [5.41, 5.74) is 9.51. The molecule has 1 atom stereocenters. The van der Waals surface area contributed by atoms with Crippen LogP contribution in [0.1, 0.15) is 17.3 Å². The molecule has 120 valence electrons. The standard InChI is InChI=1S/C13H18N4O5/c1-7(15-13(14)20)11(18)16-17-12(19)8-4-9(21-2)6-10(5-8)22-3/h4-7H,1-3H3,(H,16,18)(H,17,19)(H3,14,15,20). The first-order chi connectivity index (χ1) is 10.4. The van der Waals surface area contributed by atoms with Crippen molar-refractivity contribution in [2.45, 2.75) is 13.0 Å². The molecule has 0 spiro atoms. The van der Waals surface area contributed by atoms with Crippen LogP contribution in [0.3, 0.4) is 0 Å². The third-order valence-electron chi connectivity index (χ3n) is 2.66. The number of carbonyl (C=O) groups excluding carboxylic acids is 3. The van der Waals surface area contributed by atoms with Gasteiger partial charge < -0.3 is 20.5 Å². The Labute approximate surface area is 127 Å². The molecule has 1 aromatic carbocycles. The molecule has 9 heteroatoms. The van der Waals surface area contributed by atoms with Crippen LogP contribution in [0.5, 0.6) is 11.5 Å². The highest BCUT2D eigenvalue weighted by atomic mass is 16.5. The molecule has 0 radical (unpaired) electrons. The van der Waals surface area contributed by atoms with Crippen LogP contribution in [-0.4, -0.2) is 38.1 Å². The first kappa shape index (κ1) is 17.1. The topological polar surface area (TPSA) is 132 Å². The minimum Gasteiger partial charge on any atom is -0.497 e. The van der Waals surface area contributed by atoms with Gasteiger partial charge in [0.2, 0.25) is 0 Å². The Kier molecular flexibility index (Phi) is 5.99. The Balaban J connectivity index is 2.69. The molecule has 0 saturated heterocycles. The summed E-state index contributed by atoms with van der Waals surface area (Å²) in [6.45, 7) is 1.42. The van der Waals surface area contributed by atoms with Crippen molar-refractivity contribution in [3.05, 3.63) is 23.8 Å². The monoisotopic (exact) mass is 310 g/mol. The van der Waals surface area contributed by atoms with Crippen molar-refractivity contribution in [1.29, 1.82) is 0 Å². The zero-order valence-electron chi connectivity index (χ0n) is 12.4. The van der Waals surface area contributed by atoms with Crippen molar-refractivity contribution >= 4 is 17.8 Å². The second-order valence-corrected chi connectivity index (χ2v) is 4.27. The van der Waals surface area contributed by atoms with Gasteiger partial charge >= 0.3 is 6.03 Å². The molecule has 0 aliphatic heterocycles. The summed E-state index contributed by atoms with van der Waals surface area (Å²) in [6, 6.07) is 2.84. The number of amides is 4. The molecule has 1 rings (SSSR count). The van der Waals surface area contributed by atoms with Gasteiger partial charge in [-0.3, -0.25) is 20.4 Å². The molecule has 1 unspecified atom stereocenters. The summed E-state index contributed by atoms with van der Waals surface area (Å²) >= 11 is 0. The molecule has 0 aliphatic carbocycles. The van der Waals surface area contributed by atoms with Gasteiger partial charge in [0.1, 0.15) is 17.5 Å². The van der Waals surface area contributed by atoms with Crippen LogP contribution in [0.4, 0.5) is 4.79 Å². The van der Waals surface area contributed by atoms with Crippen molar-refractivity contribution in [2.24, 2.45) is 5.73 Å². The maximum atomic E-state index is 12.0. The number of ether oxygens (including phenoxy) is 2. The SMILES string of the molecule is COc1cc(OC)cc(C(=O)NNC(=O)C(C)NC(N)=O)c1. The highest BCUT2D eigenvalue weighted by Gasteiger charge is 2.16. The fraction of sp³-hybridized carbons (Fsp3) is 0.308. The Morgan fingerprint density at radius 2 is 1.59 bits per heavy atom. The van der Waals surface area contributed by atoms with Crippen molar-refractivity contribution in [3.8, 4) is 11.5 Å². The molecule has 22 heavy (non-hydrogen) atoms. The van der Waals surface area contributed by atoms with E-state index in [9.17, 15) is 14.4 Å². The first-order valence-electron chi connectivity index (χ1n) is 6.26. The second-order valence-electron chi connectivity index (χ2n) is 4.27. The van der Waals surface area contributed by atoms with Crippen molar-refractivity contribution in [1.82, 2.24) is 16.2 Å². The lowest BCUT2D eigenvalue weighted by molar-refractivity contribution is -0.123. The summed E-state index contributed by atoms with van der Waals surface area (Å²) in [6.07, 6.45) is 0. The van der Waals surface area contributed by atoms with Crippen LogP contribution in [0.15, 0.2) is 18.2 Å². The first-order valence-corrected chi connectivity index (χ1v) is 6.26. The lowest BCUT2D eigenvalue weighted by Crippen LogP contribution is -2.52. The van der Waals surface area contributed by atoms with E-state index in [0.29, 0.717) is 11.5 Å². The van der Waals surface area contributed by atoms with E-state index >= 15 is 0 Å². The van der Waals surface area contributed by atoms with Crippen molar-refractivity contribution in [3.63, 3.8) is 0 Å². The number of primary amides is 1. The molecule has 0 heterocycles. The average molecular weight is 310 g/mol. The van der Waals surface area contributed by atoms with Crippen LogP contribution in [0.25, 0.3) is 0 Å². The Morgan fingerprint density at radius 3 is 2.05 bits per heavy atom. The van der Waals surface area contributed by atoms with E-state index in [1.165, 1.54) is 33.3 Å². The van der Waals surface area contributed by atoms with Crippen LogP contribution in [0.2, 0.25) is 0 Å². The number of hydrogen-bond acceptors (Lipinski definition) is 5. The highest BCUT2D eigenvalue weighted by molar-refractivity contribution is 5.96. The van der Waals surface area contributed by atoms with Gasteiger partial charge in [0.15, 0.2) is 0 Å². The summed E-state index contributed by atoms with van der Waals surface area (Å²) in [7, 11) is 2.91. The van der Waals surface area contributed by atoms with E-state index in [4.69, 9.17) is 15.2 Å². The zero-order valence-corrected chi connectivity index (χ0v) is 12.4. The number of methoxy groups -OCH3 is 2. The van der Waals surface area contributed by atoms with E-state index < -0.39 is 23.9 Å². The predicted molar refractivity (Wildman–Crippen MR) is 77.3 cm³/mol. The van der Waals surface area contributed by atoms with Gasteiger partial charge in [-0.15, -0.1) is 0 Å². The molecule has 0 aliphatic rings. The molecule has 5 N–H and O–H groups in total. The zero-order chi connectivity index (χ0) is 16.7. The normalized spacial score (nSPS) is 11.0. The third-order valence-corrected chi connectivity index (χ3v) is 2.66. The van der Waals surface area contributed by atoms with Gasteiger partial charge in [-0.25, -0.2) is 4.79 Å². The van der Waals surface area contributed by atoms with Crippen LogP contribution in [-0.2, 0) is 4.79 Å². The molecule has 9 nitrogen and oxygen atoms in total. The number of rotatable bonds is 5. The van der Waals surface area contributed by atoms with E-state index in [1.807, 2.05) is 0 Å². The predicted octanol–water partition coefficient (Wildman–Crippen LogP) is -0.478.